The molecule has 5 nitrogen and oxygen atoms in total. The Morgan fingerprint density at radius 1 is 1.33 bits per heavy atom. The van der Waals surface area contributed by atoms with Gasteiger partial charge in [-0.2, -0.15) is 0 Å². The van der Waals surface area contributed by atoms with Crippen molar-refractivity contribution in [1.82, 2.24) is 9.78 Å². The summed E-state index contributed by atoms with van der Waals surface area (Å²) < 4.78 is 12.0. The minimum absolute atomic E-state index is 0.252. The van der Waals surface area contributed by atoms with Crippen LogP contribution in [-0.4, -0.2) is 22.4 Å². The van der Waals surface area contributed by atoms with Crippen molar-refractivity contribution in [3.63, 3.8) is 0 Å². The lowest BCUT2D eigenvalue weighted by Gasteiger charge is -2.04. The fourth-order valence-electron chi connectivity index (χ4n) is 1.49. The molecule has 0 bridgehead atoms. The van der Waals surface area contributed by atoms with Crippen LogP contribution in [0.2, 0.25) is 0 Å². The molecule has 1 aromatic carbocycles. The van der Waals surface area contributed by atoms with Crippen LogP contribution in [0, 0.1) is 0 Å². The number of aromatic nitrogens is 2. The second kappa shape index (κ2) is 5.35. The van der Waals surface area contributed by atoms with Crippen molar-refractivity contribution in [3.05, 3.63) is 42.1 Å². The number of esters is 1. The highest BCUT2D eigenvalue weighted by atomic mass is 16.5. The molecule has 0 spiro atoms. The lowest BCUT2D eigenvalue weighted by Crippen LogP contribution is -2.04. The van der Waals surface area contributed by atoms with Crippen LogP contribution in [0.4, 0.5) is 0 Å². The minimum Gasteiger partial charge on any atom is -0.462 e. The van der Waals surface area contributed by atoms with E-state index in [0.29, 0.717) is 17.9 Å². The topological polar surface area (TPSA) is 53.4 Å². The van der Waals surface area contributed by atoms with Crippen LogP contribution >= 0.6 is 0 Å². The van der Waals surface area contributed by atoms with Gasteiger partial charge < -0.3 is 9.47 Å². The summed E-state index contributed by atoms with van der Waals surface area (Å²) >= 11 is 0. The van der Waals surface area contributed by atoms with E-state index in [0.717, 1.165) is 0 Å². The van der Waals surface area contributed by atoms with E-state index in [-0.39, 0.29) is 5.88 Å². The Balaban J connectivity index is 2.25. The van der Waals surface area contributed by atoms with Crippen molar-refractivity contribution in [2.24, 2.45) is 7.05 Å². The molecule has 0 aliphatic rings. The number of rotatable bonds is 4. The highest BCUT2D eigenvalue weighted by Gasteiger charge is 2.18. The zero-order chi connectivity index (χ0) is 13.0. The van der Waals surface area contributed by atoms with E-state index in [9.17, 15) is 4.79 Å². The molecular formula is C13H14N2O3. The van der Waals surface area contributed by atoms with E-state index in [4.69, 9.17) is 9.47 Å². The van der Waals surface area contributed by atoms with Crippen LogP contribution in [0.15, 0.2) is 36.5 Å². The van der Waals surface area contributed by atoms with Crippen LogP contribution in [-0.2, 0) is 11.8 Å². The molecular weight excluding hydrogens is 232 g/mol. The maximum Gasteiger partial charge on any atom is 0.345 e. The zero-order valence-electron chi connectivity index (χ0n) is 10.3. The molecule has 0 saturated carbocycles. The molecule has 18 heavy (non-hydrogen) atoms. The third kappa shape index (κ3) is 2.68. The van der Waals surface area contributed by atoms with Crippen molar-refractivity contribution in [1.29, 1.82) is 0 Å². The fourth-order valence-corrected chi connectivity index (χ4v) is 1.49. The standard InChI is InChI=1S/C13H14N2O3/c1-3-17-13(16)11-9-15(2)14-12(11)18-10-7-5-4-6-8-10/h4-9H,3H2,1-2H3. The average molecular weight is 246 g/mol. The molecule has 0 radical (unpaired) electrons. The third-order valence-corrected chi connectivity index (χ3v) is 2.25. The normalized spacial score (nSPS) is 10.1. The van der Waals surface area contributed by atoms with Gasteiger partial charge in [0.15, 0.2) is 0 Å². The second-order valence-corrected chi connectivity index (χ2v) is 3.66. The van der Waals surface area contributed by atoms with Crippen molar-refractivity contribution >= 4 is 5.97 Å². The van der Waals surface area contributed by atoms with Gasteiger partial charge in [-0.1, -0.05) is 18.2 Å². The monoisotopic (exact) mass is 246 g/mol. The lowest BCUT2D eigenvalue weighted by atomic mass is 10.3. The van der Waals surface area contributed by atoms with E-state index in [1.807, 2.05) is 18.2 Å². The Kier molecular flexibility index (Phi) is 3.62. The van der Waals surface area contributed by atoms with Crippen molar-refractivity contribution in [2.45, 2.75) is 6.92 Å². The highest BCUT2D eigenvalue weighted by Crippen LogP contribution is 2.23. The van der Waals surface area contributed by atoms with Crippen LogP contribution in [0.5, 0.6) is 11.6 Å². The van der Waals surface area contributed by atoms with E-state index < -0.39 is 5.97 Å². The highest BCUT2D eigenvalue weighted by molar-refractivity contribution is 5.91. The van der Waals surface area contributed by atoms with Gasteiger partial charge in [0.25, 0.3) is 5.88 Å². The van der Waals surface area contributed by atoms with Crippen molar-refractivity contribution in [3.8, 4) is 11.6 Å². The number of hydrogen-bond donors (Lipinski definition) is 0. The summed E-state index contributed by atoms with van der Waals surface area (Å²) in [4.78, 5) is 11.7. The molecule has 1 heterocycles. The molecule has 0 N–H and O–H groups in total. The first-order chi connectivity index (χ1) is 8.70. The summed E-state index contributed by atoms with van der Waals surface area (Å²) in [5.41, 5.74) is 0.322. The van der Waals surface area contributed by atoms with Crippen LogP contribution in [0.25, 0.3) is 0 Å². The van der Waals surface area contributed by atoms with Crippen LogP contribution < -0.4 is 4.74 Å². The molecule has 0 aliphatic heterocycles. The number of ether oxygens (including phenoxy) is 2. The van der Waals surface area contributed by atoms with E-state index in [1.54, 1.807) is 32.3 Å². The number of carbonyl (C=O) groups is 1. The van der Waals surface area contributed by atoms with Gasteiger partial charge in [0.2, 0.25) is 0 Å². The van der Waals surface area contributed by atoms with Gasteiger partial charge in [0.05, 0.1) is 6.61 Å². The molecule has 5 heteroatoms. The first-order valence-corrected chi connectivity index (χ1v) is 5.64. The number of carbonyl (C=O) groups excluding carboxylic acids is 1. The predicted molar refractivity (Wildman–Crippen MR) is 65.7 cm³/mol. The first kappa shape index (κ1) is 12.2. The Bertz CT molecular complexity index is 534. The molecule has 0 fully saturated rings. The lowest BCUT2D eigenvalue weighted by molar-refractivity contribution is 0.0523. The van der Waals surface area contributed by atoms with Gasteiger partial charge >= 0.3 is 5.97 Å². The number of aryl methyl sites for hydroxylation is 1. The molecule has 0 amide bonds. The number of para-hydroxylation sites is 1. The molecule has 0 aliphatic carbocycles. The summed E-state index contributed by atoms with van der Waals surface area (Å²) in [5.74, 6) is 0.445. The summed E-state index contributed by atoms with van der Waals surface area (Å²) in [6.07, 6.45) is 1.58. The van der Waals surface area contributed by atoms with Gasteiger partial charge in [0, 0.05) is 13.2 Å². The second-order valence-electron chi connectivity index (χ2n) is 3.66. The molecule has 0 unspecified atom stereocenters. The van der Waals surface area contributed by atoms with Crippen LogP contribution in [0.1, 0.15) is 17.3 Å². The van der Waals surface area contributed by atoms with Gasteiger partial charge in [-0.05, 0) is 19.1 Å². The summed E-state index contributed by atoms with van der Waals surface area (Å²) in [5, 5.41) is 4.10. The van der Waals surface area contributed by atoms with Crippen molar-refractivity contribution in [2.75, 3.05) is 6.61 Å². The Hall–Kier alpha value is -2.30. The molecule has 94 valence electrons. The smallest absolute Gasteiger partial charge is 0.345 e. The molecule has 2 rings (SSSR count). The Morgan fingerprint density at radius 3 is 2.72 bits per heavy atom. The van der Waals surface area contributed by atoms with E-state index in [1.165, 1.54) is 4.68 Å². The minimum atomic E-state index is -0.434. The van der Waals surface area contributed by atoms with E-state index >= 15 is 0 Å². The summed E-state index contributed by atoms with van der Waals surface area (Å²) in [7, 11) is 1.72. The number of benzene rings is 1. The molecule has 2 aromatic rings. The van der Waals surface area contributed by atoms with Gasteiger partial charge in [0.1, 0.15) is 11.3 Å². The largest absolute Gasteiger partial charge is 0.462 e. The third-order valence-electron chi connectivity index (χ3n) is 2.25. The molecule has 0 atom stereocenters. The van der Waals surface area contributed by atoms with Crippen molar-refractivity contribution < 1.29 is 14.3 Å². The maximum atomic E-state index is 11.7. The predicted octanol–water partition coefficient (Wildman–Crippen LogP) is 2.39. The first-order valence-electron chi connectivity index (χ1n) is 5.64. The van der Waals surface area contributed by atoms with Gasteiger partial charge in [-0.25, -0.2) is 4.79 Å². The SMILES string of the molecule is CCOC(=O)c1cn(C)nc1Oc1ccccc1. The number of hydrogen-bond acceptors (Lipinski definition) is 4. The fraction of sp³-hybridized carbons (Fsp3) is 0.231. The van der Waals surface area contributed by atoms with Gasteiger partial charge in [-0.15, -0.1) is 5.10 Å². The summed E-state index contributed by atoms with van der Waals surface area (Å²) in [6.45, 7) is 2.07. The molecule has 1 aromatic heterocycles. The van der Waals surface area contributed by atoms with Gasteiger partial charge in [-0.3, -0.25) is 4.68 Å². The van der Waals surface area contributed by atoms with E-state index in [2.05, 4.69) is 5.10 Å². The molecule has 0 saturated heterocycles. The quantitative estimate of drug-likeness (QED) is 0.777. The Labute approximate surface area is 105 Å². The average Bonchev–Trinajstić information content (AvgIpc) is 2.72. The summed E-state index contributed by atoms with van der Waals surface area (Å²) in [6, 6.07) is 9.18. The maximum absolute atomic E-state index is 11.7. The van der Waals surface area contributed by atoms with Crippen LogP contribution in [0.3, 0.4) is 0 Å². The Morgan fingerprint density at radius 2 is 2.06 bits per heavy atom. The number of nitrogens with zero attached hydrogens (tertiary/aromatic N) is 2. The zero-order valence-corrected chi connectivity index (χ0v) is 10.3.